The molecular formula is C12H14N2O. The number of aromatic amines is 1. The minimum absolute atomic E-state index is 0.0275. The SMILES string of the molecule is CC1(Oc2ccc3cc[nH]c3c2)CNC1. The van der Waals surface area contributed by atoms with Gasteiger partial charge in [0.25, 0.3) is 0 Å². The van der Waals surface area contributed by atoms with Gasteiger partial charge >= 0.3 is 0 Å². The molecule has 2 aromatic rings. The number of nitrogens with one attached hydrogen (secondary N) is 2. The van der Waals surface area contributed by atoms with Crippen molar-refractivity contribution in [3.63, 3.8) is 0 Å². The van der Waals surface area contributed by atoms with Crippen molar-refractivity contribution in [3.8, 4) is 5.75 Å². The fourth-order valence-electron chi connectivity index (χ4n) is 1.92. The van der Waals surface area contributed by atoms with Crippen molar-refractivity contribution in [2.45, 2.75) is 12.5 Å². The number of hydrogen-bond acceptors (Lipinski definition) is 2. The predicted octanol–water partition coefficient (Wildman–Crippen LogP) is 1.91. The van der Waals surface area contributed by atoms with Crippen molar-refractivity contribution < 1.29 is 4.74 Å². The number of aromatic nitrogens is 1. The highest BCUT2D eigenvalue weighted by molar-refractivity contribution is 5.80. The van der Waals surface area contributed by atoms with Gasteiger partial charge < -0.3 is 15.0 Å². The van der Waals surface area contributed by atoms with E-state index in [1.54, 1.807) is 0 Å². The highest BCUT2D eigenvalue weighted by atomic mass is 16.5. The zero-order valence-electron chi connectivity index (χ0n) is 8.71. The molecular weight excluding hydrogens is 188 g/mol. The summed E-state index contributed by atoms with van der Waals surface area (Å²) in [5, 5.41) is 4.44. The first-order valence-electron chi connectivity index (χ1n) is 5.22. The second-order valence-electron chi connectivity index (χ2n) is 4.38. The molecule has 1 aliphatic heterocycles. The average molecular weight is 202 g/mol. The minimum Gasteiger partial charge on any atom is -0.485 e. The van der Waals surface area contributed by atoms with Gasteiger partial charge in [0.2, 0.25) is 0 Å². The highest BCUT2D eigenvalue weighted by Crippen LogP contribution is 2.25. The zero-order valence-corrected chi connectivity index (χ0v) is 8.71. The first-order chi connectivity index (χ1) is 7.25. The second kappa shape index (κ2) is 3.00. The summed E-state index contributed by atoms with van der Waals surface area (Å²) >= 11 is 0. The van der Waals surface area contributed by atoms with E-state index in [-0.39, 0.29) is 5.60 Å². The van der Waals surface area contributed by atoms with Gasteiger partial charge in [0.05, 0.1) is 0 Å². The molecule has 0 amide bonds. The van der Waals surface area contributed by atoms with Gasteiger partial charge in [-0.1, -0.05) is 0 Å². The molecule has 1 fully saturated rings. The Labute approximate surface area is 88.4 Å². The fraction of sp³-hybridized carbons (Fsp3) is 0.333. The van der Waals surface area contributed by atoms with Gasteiger partial charge in [-0.05, 0) is 30.5 Å². The molecule has 3 rings (SSSR count). The molecule has 1 aromatic heterocycles. The van der Waals surface area contributed by atoms with Crippen molar-refractivity contribution in [1.82, 2.24) is 10.3 Å². The molecule has 2 heterocycles. The van der Waals surface area contributed by atoms with E-state index in [1.807, 2.05) is 12.3 Å². The Balaban J connectivity index is 1.90. The largest absolute Gasteiger partial charge is 0.485 e. The van der Waals surface area contributed by atoms with Gasteiger partial charge in [0, 0.05) is 30.9 Å². The van der Waals surface area contributed by atoms with Crippen molar-refractivity contribution in [2.24, 2.45) is 0 Å². The van der Waals surface area contributed by atoms with Gasteiger partial charge in [0.1, 0.15) is 11.4 Å². The maximum atomic E-state index is 5.93. The molecule has 3 nitrogen and oxygen atoms in total. The minimum atomic E-state index is -0.0275. The monoisotopic (exact) mass is 202 g/mol. The number of benzene rings is 1. The van der Waals surface area contributed by atoms with Crippen molar-refractivity contribution in [3.05, 3.63) is 30.5 Å². The number of H-pyrrole nitrogens is 1. The van der Waals surface area contributed by atoms with E-state index in [1.165, 1.54) is 5.39 Å². The van der Waals surface area contributed by atoms with Gasteiger partial charge in [0.15, 0.2) is 0 Å². The smallest absolute Gasteiger partial charge is 0.131 e. The van der Waals surface area contributed by atoms with Crippen LogP contribution in [0, 0.1) is 0 Å². The molecule has 0 saturated carbocycles. The van der Waals surface area contributed by atoms with Crippen LogP contribution in [0.4, 0.5) is 0 Å². The third-order valence-corrected chi connectivity index (χ3v) is 2.89. The van der Waals surface area contributed by atoms with Crippen LogP contribution in [0.15, 0.2) is 30.5 Å². The van der Waals surface area contributed by atoms with Crippen LogP contribution in [-0.4, -0.2) is 23.7 Å². The molecule has 1 saturated heterocycles. The van der Waals surface area contributed by atoms with Gasteiger partial charge in [-0.25, -0.2) is 0 Å². The Morgan fingerprint density at radius 3 is 2.87 bits per heavy atom. The molecule has 0 bridgehead atoms. The normalized spacial score (nSPS) is 18.7. The van der Waals surface area contributed by atoms with E-state index in [2.05, 4.69) is 35.4 Å². The summed E-state index contributed by atoms with van der Waals surface area (Å²) in [7, 11) is 0. The summed E-state index contributed by atoms with van der Waals surface area (Å²) < 4.78 is 5.93. The molecule has 0 atom stereocenters. The number of fused-ring (bicyclic) bond motifs is 1. The van der Waals surface area contributed by atoms with Crippen LogP contribution in [0.2, 0.25) is 0 Å². The predicted molar refractivity (Wildman–Crippen MR) is 60.2 cm³/mol. The van der Waals surface area contributed by atoms with E-state index in [0.717, 1.165) is 24.4 Å². The van der Waals surface area contributed by atoms with Crippen LogP contribution in [0.5, 0.6) is 5.75 Å². The Morgan fingerprint density at radius 2 is 2.13 bits per heavy atom. The maximum Gasteiger partial charge on any atom is 0.131 e. The average Bonchev–Trinajstić information content (AvgIpc) is 2.62. The standard InChI is InChI=1S/C12H14N2O/c1-12(7-13-8-12)15-10-3-2-9-4-5-14-11(9)6-10/h2-6,13-14H,7-8H2,1H3. The van der Waals surface area contributed by atoms with Crippen LogP contribution in [-0.2, 0) is 0 Å². The number of hydrogen-bond donors (Lipinski definition) is 2. The van der Waals surface area contributed by atoms with E-state index in [0.29, 0.717) is 0 Å². The Morgan fingerprint density at radius 1 is 1.27 bits per heavy atom. The third-order valence-electron chi connectivity index (χ3n) is 2.89. The molecule has 2 N–H and O–H groups in total. The topological polar surface area (TPSA) is 37.0 Å². The summed E-state index contributed by atoms with van der Waals surface area (Å²) in [6.07, 6.45) is 1.95. The summed E-state index contributed by atoms with van der Waals surface area (Å²) in [5.74, 6) is 0.939. The lowest BCUT2D eigenvalue weighted by Gasteiger charge is -2.39. The van der Waals surface area contributed by atoms with Gasteiger partial charge in [-0.15, -0.1) is 0 Å². The lowest BCUT2D eigenvalue weighted by molar-refractivity contribution is 0.0350. The first kappa shape index (κ1) is 8.80. The van der Waals surface area contributed by atoms with Gasteiger partial charge in [-0.3, -0.25) is 0 Å². The molecule has 3 heteroatoms. The van der Waals surface area contributed by atoms with Crippen LogP contribution >= 0.6 is 0 Å². The van der Waals surface area contributed by atoms with Crippen molar-refractivity contribution in [2.75, 3.05) is 13.1 Å². The first-order valence-corrected chi connectivity index (χ1v) is 5.22. The third kappa shape index (κ3) is 1.49. The highest BCUT2D eigenvalue weighted by Gasteiger charge is 2.33. The zero-order chi connectivity index (χ0) is 10.3. The molecule has 78 valence electrons. The maximum absolute atomic E-state index is 5.93. The van der Waals surface area contributed by atoms with Crippen LogP contribution in [0.1, 0.15) is 6.92 Å². The quantitative estimate of drug-likeness (QED) is 0.780. The van der Waals surface area contributed by atoms with E-state index in [9.17, 15) is 0 Å². The summed E-state index contributed by atoms with van der Waals surface area (Å²) in [6.45, 7) is 3.98. The van der Waals surface area contributed by atoms with Crippen LogP contribution in [0.3, 0.4) is 0 Å². The van der Waals surface area contributed by atoms with E-state index < -0.39 is 0 Å². The molecule has 15 heavy (non-hydrogen) atoms. The van der Waals surface area contributed by atoms with Gasteiger partial charge in [-0.2, -0.15) is 0 Å². The number of ether oxygens (including phenoxy) is 1. The lowest BCUT2D eigenvalue weighted by Crippen LogP contribution is -2.60. The summed E-state index contributed by atoms with van der Waals surface area (Å²) in [6, 6.07) is 8.22. The van der Waals surface area contributed by atoms with Crippen LogP contribution < -0.4 is 10.1 Å². The van der Waals surface area contributed by atoms with E-state index in [4.69, 9.17) is 4.74 Å². The molecule has 0 aliphatic carbocycles. The molecule has 1 aromatic carbocycles. The van der Waals surface area contributed by atoms with E-state index >= 15 is 0 Å². The number of rotatable bonds is 2. The summed E-state index contributed by atoms with van der Waals surface area (Å²) in [4.78, 5) is 3.19. The van der Waals surface area contributed by atoms with Crippen LogP contribution in [0.25, 0.3) is 10.9 Å². The Hall–Kier alpha value is -1.48. The molecule has 0 unspecified atom stereocenters. The molecule has 0 spiro atoms. The Bertz CT molecular complexity index is 485. The Kier molecular flexibility index (Phi) is 1.76. The summed E-state index contributed by atoms with van der Waals surface area (Å²) in [5.41, 5.74) is 1.10. The lowest BCUT2D eigenvalue weighted by atomic mass is 10.00. The van der Waals surface area contributed by atoms with Crippen molar-refractivity contribution >= 4 is 10.9 Å². The fourth-order valence-corrected chi connectivity index (χ4v) is 1.92. The second-order valence-corrected chi connectivity index (χ2v) is 4.38. The van der Waals surface area contributed by atoms with Crippen molar-refractivity contribution in [1.29, 1.82) is 0 Å². The molecule has 0 radical (unpaired) electrons. The molecule has 1 aliphatic rings.